The zero-order chi connectivity index (χ0) is 8.85. The van der Waals surface area contributed by atoms with Gasteiger partial charge in [-0.2, -0.15) is 0 Å². The lowest BCUT2D eigenvalue weighted by molar-refractivity contribution is 0.0722. The fourth-order valence-corrected chi connectivity index (χ4v) is 1.61. The van der Waals surface area contributed by atoms with E-state index in [9.17, 15) is 5.11 Å². The Kier molecular flexibility index (Phi) is 5.57. The summed E-state index contributed by atoms with van der Waals surface area (Å²) in [5.74, 6) is 1.12. The summed E-state index contributed by atoms with van der Waals surface area (Å²) in [5, 5.41) is 9.62. The molecule has 0 saturated heterocycles. The molecule has 0 spiro atoms. The van der Waals surface area contributed by atoms with Gasteiger partial charge in [-0.15, -0.1) is 0 Å². The monoisotopic (exact) mass is 158 g/mol. The first kappa shape index (κ1) is 11.0. The highest BCUT2D eigenvalue weighted by atomic mass is 16.3. The maximum atomic E-state index is 9.62. The second-order valence-electron chi connectivity index (χ2n) is 3.67. The first-order chi connectivity index (χ1) is 5.13. The zero-order valence-corrected chi connectivity index (χ0v) is 8.30. The van der Waals surface area contributed by atoms with E-state index in [-0.39, 0.29) is 6.10 Å². The van der Waals surface area contributed by atoms with Gasteiger partial charge in [0.1, 0.15) is 0 Å². The topological polar surface area (TPSA) is 20.2 Å². The molecule has 0 unspecified atom stereocenters. The summed E-state index contributed by atoms with van der Waals surface area (Å²) < 4.78 is 0. The van der Waals surface area contributed by atoms with Crippen LogP contribution in [0.5, 0.6) is 0 Å². The zero-order valence-electron chi connectivity index (χ0n) is 8.30. The predicted molar refractivity (Wildman–Crippen MR) is 49.5 cm³/mol. The third-order valence-corrected chi connectivity index (χ3v) is 2.39. The predicted octanol–water partition coefficient (Wildman–Crippen LogP) is 2.83. The van der Waals surface area contributed by atoms with Crippen LogP contribution in [-0.2, 0) is 0 Å². The van der Waals surface area contributed by atoms with Crippen LogP contribution in [0.25, 0.3) is 0 Å². The van der Waals surface area contributed by atoms with Gasteiger partial charge in [-0.05, 0) is 24.7 Å². The molecule has 68 valence electrons. The molecule has 0 saturated carbocycles. The van der Waals surface area contributed by atoms with Crippen molar-refractivity contribution in [3.63, 3.8) is 0 Å². The lowest BCUT2D eigenvalue weighted by Crippen LogP contribution is -2.24. The number of hydrogen-bond acceptors (Lipinski definition) is 1. The van der Waals surface area contributed by atoms with Crippen LogP contribution in [-0.4, -0.2) is 11.2 Å². The van der Waals surface area contributed by atoms with Crippen molar-refractivity contribution in [3.8, 4) is 0 Å². The SMILES string of the molecule is CCC[C@@H](C(C)C)[C@@H](O)CC. The van der Waals surface area contributed by atoms with E-state index in [1.807, 2.05) is 0 Å². The van der Waals surface area contributed by atoms with Crippen molar-refractivity contribution >= 4 is 0 Å². The van der Waals surface area contributed by atoms with Crippen molar-refractivity contribution in [1.82, 2.24) is 0 Å². The van der Waals surface area contributed by atoms with Crippen LogP contribution < -0.4 is 0 Å². The Balaban J connectivity index is 3.87. The molecule has 11 heavy (non-hydrogen) atoms. The molecule has 0 aromatic heterocycles. The number of rotatable bonds is 5. The minimum absolute atomic E-state index is 0.0880. The van der Waals surface area contributed by atoms with Gasteiger partial charge in [0, 0.05) is 0 Å². The van der Waals surface area contributed by atoms with Gasteiger partial charge in [-0.3, -0.25) is 0 Å². The summed E-state index contributed by atoms with van der Waals surface area (Å²) in [6.45, 7) is 8.62. The molecule has 0 fully saturated rings. The first-order valence-corrected chi connectivity index (χ1v) is 4.81. The van der Waals surface area contributed by atoms with Gasteiger partial charge in [-0.25, -0.2) is 0 Å². The second kappa shape index (κ2) is 5.59. The Morgan fingerprint density at radius 2 is 1.73 bits per heavy atom. The van der Waals surface area contributed by atoms with Crippen LogP contribution in [0.4, 0.5) is 0 Å². The highest BCUT2D eigenvalue weighted by molar-refractivity contribution is 4.70. The first-order valence-electron chi connectivity index (χ1n) is 4.81. The third kappa shape index (κ3) is 3.76. The molecule has 0 radical (unpaired) electrons. The fourth-order valence-electron chi connectivity index (χ4n) is 1.61. The highest BCUT2D eigenvalue weighted by Crippen LogP contribution is 2.22. The summed E-state index contributed by atoms with van der Waals surface area (Å²) in [6, 6.07) is 0. The van der Waals surface area contributed by atoms with Crippen LogP contribution in [0.2, 0.25) is 0 Å². The number of hydrogen-bond donors (Lipinski definition) is 1. The van der Waals surface area contributed by atoms with Crippen LogP contribution in [0.15, 0.2) is 0 Å². The second-order valence-corrected chi connectivity index (χ2v) is 3.67. The van der Waals surface area contributed by atoms with E-state index in [1.54, 1.807) is 0 Å². The molecule has 0 amide bonds. The maximum absolute atomic E-state index is 9.62. The molecule has 0 aromatic carbocycles. The van der Waals surface area contributed by atoms with Gasteiger partial charge in [0.2, 0.25) is 0 Å². The summed E-state index contributed by atoms with van der Waals surface area (Å²) in [4.78, 5) is 0. The van der Waals surface area contributed by atoms with Crippen molar-refractivity contribution < 1.29 is 5.11 Å². The molecular formula is C10H22O. The molecule has 0 rings (SSSR count). The molecule has 0 bridgehead atoms. The molecule has 0 aromatic rings. The van der Waals surface area contributed by atoms with Gasteiger partial charge >= 0.3 is 0 Å². The molecule has 1 nitrogen and oxygen atoms in total. The summed E-state index contributed by atoms with van der Waals surface area (Å²) in [7, 11) is 0. The van der Waals surface area contributed by atoms with Gasteiger partial charge < -0.3 is 5.11 Å². The molecule has 1 heteroatoms. The normalized spacial score (nSPS) is 16.9. The molecule has 0 aliphatic heterocycles. The Hall–Kier alpha value is -0.0400. The molecule has 2 atom stereocenters. The van der Waals surface area contributed by atoms with E-state index in [1.165, 1.54) is 6.42 Å². The lowest BCUT2D eigenvalue weighted by atomic mass is 9.85. The molecule has 1 N–H and O–H groups in total. The van der Waals surface area contributed by atoms with Crippen molar-refractivity contribution in [2.75, 3.05) is 0 Å². The standard InChI is InChI=1S/C10H22O/c1-5-7-9(8(3)4)10(11)6-2/h8-11H,5-7H2,1-4H3/t9-,10-/m0/s1. The van der Waals surface area contributed by atoms with Crippen molar-refractivity contribution in [1.29, 1.82) is 0 Å². The minimum atomic E-state index is -0.0880. The molecule has 0 heterocycles. The average Bonchev–Trinajstić information content (AvgIpc) is 1.98. The highest BCUT2D eigenvalue weighted by Gasteiger charge is 2.19. The van der Waals surface area contributed by atoms with Crippen LogP contribution in [0.1, 0.15) is 47.0 Å². The Bertz CT molecular complexity index is 88.9. The van der Waals surface area contributed by atoms with E-state index in [4.69, 9.17) is 0 Å². The number of aliphatic hydroxyl groups excluding tert-OH is 1. The Morgan fingerprint density at radius 3 is 2.00 bits per heavy atom. The molecule has 0 aliphatic carbocycles. The quantitative estimate of drug-likeness (QED) is 0.652. The smallest absolute Gasteiger partial charge is 0.0568 e. The van der Waals surface area contributed by atoms with Crippen LogP contribution in [0.3, 0.4) is 0 Å². The average molecular weight is 158 g/mol. The van der Waals surface area contributed by atoms with Crippen molar-refractivity contribution in [2.45, 2.75) is 53.1 Å². The number of aliphatic hydroxyl groups is 1. The van der Waals surface area contributed by atoms with Crippen molar-refractivity contribution in [3.05, 3.63) is 0 Å². The van der Waals surface area contributed by atoms with Gasteiger partial charge in [0.25, 0.3) is 0 Å². The summed E-state index contributed by atoms with van der Waals surface area (Å²) in [5.41, 5.74) is 0. The van der Waals surface area contributed by atoms with Gasteiger partial charge in [0.05, 0.1) is 6.10 Å². The Morgan fingerprint density at radius 1 is 1.18 bits per heavy atom. The largest absolute Gasteiger partial charge is 0.393 e. The van der Waals surface area contributed by atoms with Gasteiger partial charge in [-0.1, -0.05) is 34.1 Å². The van der Waals surface area contributed by atoms with Crippen LogP contribution in [0, 0.1) is 11.8 Å². The van der Waals surface area contributed by atoms with E-state index >= 15 is 0 Å². The Labute approximate surface area is 70.8 Å². The van der Waals surface area contributed by atoms with E-state index in [0.717, 1.165) is 12.8 Å². The maximum Gasteiger partial charge on any atom is 0.0568 e. The minimum Gasteiger partial charge on any atom is -0.393 e. The summed E-state index contributed by atoms with van der Waals surface area (Å²) in [6.07, 6.45) is 3.14. The molecular weight excluding hydrogens is 136 g/mol. The van der Waals surface area contributed by atoms with Crippen molar-refractivity contribution in [2.24, 2.45) is 11.8 Å². The summed E-state index contributed by atoms with van der Waals surface area (Å²) >= 11 is 0. The van der Waals surface area contributed by atoms with E-state index in [0.29, 0.717) is 11.8 Å². The van der Waals surface area contributed by atoms with E-state index < -0.39 is 0 Å². The fraction of sp³-hybridized carbons (Fsp3) is 1.00. The molecule has 0 aliphatic rings. The third-order valence-electron chi connectivity index (χ3n) is 2.39. The lowest BCUT2D eigenvalue weighted by Gasteiger charge is -2.24. The van der Waals surface area contributed by atoms with Gasteiger partial charge in [0.15, 0.2) is 0 Å². The van der Waals surface area contributed by atoms with E-state index in [2.05, 4.69) is 27.7 Å². The van der Waals surface area contributed by atoms with Crippen LogP contribution >= 0.6 is 0 Å².